The number of benzene rings is 2. The van der Waals surface area contributed by atoms with E-state index in [1.807, 2.05) is 24.3 Å². The molecule has 5 nitrogen and oxygen atoms in total. The Morgan fingerprint density at radius 3 is 2.32 bits per heavy atom. The molecule has 0 saturated heterocycles. The monoisotopic (exact) mass is 381 g/mol. The Morgan fingerprint density at radius 2 is 1.71 bits per heavy atom. The van der Waals surface area contributed by atoms with Gasteiger partial charge in [-0.15, -0.1) is 0 Å². The molecule has 1 amide bonds. The molecule has 0 heterocycles. The second-order valence-electron chi connectivity index (χ2n) is 6.97. The number of nitrogens with one attached hydrogen (secondary N) is 1. The van der Waals surface area contributed by atoms with Crippen molar-refractivity contribution in [2.24, 2.45) is 0 Å². The van der Waals surface area contributed by atoms with Gasteiger partial charge in [0.2, 0.25) is 0 Å². The first-order valence-corrected chi connectivity index (χ1v) is 9.89. The first-order chi connectivity index (χ1) is 13.7. The molecule has 1 aliphatic rings. The number of rotatable bonds is 10. The standard InChI is InChI=1S/C23H27NO4/c1-2-3-13-27-14-12-17(15-25)24-23(26)28-16-22-20-10-6-4-8-18(20)19-9-5-7-11-21(19)22/h4-11,15,17,22H,2-3,12-14,16H2,1H3,(H,24,26). The molecule has 2 aromatic rings. The molecule has 0 aromatic heterocycles. The van der Waals surface area contributed by atoms with Gasteiger partial charge in [0.15, 0.2) is 0 Å². The highest BCUT2D eigenvalue weighted by Gasteiger charge is 2.29. The van der Waals surface area contributed by atoms with E-state index in [1.54, 1.807) is 0 Å². The SMILES string of the molecule is CCCCOCCC(C=O)NC(=O)OCC1c2ccccc2-c2ccccc21. The maximum absolute atomic E-state index is 12.2. The summed E-state index contributed by atoms with van der Waals surface area (Å²) in [5.41, 5.74) is 4.68. The van der Waals surface area contributed by atoms with Crippen molar-refractivity contribution in [2.75, 3.05) is 19.8 Å². The molecule has 1 N–H and O–H groups in total. The Bertz CT molecular complexity index is 759. The minimum absolute atomic E-state index is 0.00482. The predicted molar refractivity (Wildman–Crippen MR) is 108 cm³/mol. The lowest BCUT2D eigenvalue weighted by Crippen LogP contribution is -2.37. The van der Waals surface area contributed by atoms with Crippen LogP contribution in [0, 0.1) is 0 Å². The molecule has 148 valence electrons. The second kappa shape index (κ2) is 10.0. The first kappa shape index (κ1) is 20.1. The van der Waals surface area contributed by atoms with Gasteiger partial charge >= 0.3 is 6.09 Å². The van der Waals surface area contributed by atoms with Crippen molar-refractivity contribution in [1.82, 2.24) is 5.32 Å². The van der Waals surface area contributed by atoms with E-state index in [-0.39, 0.29) is 12.5 Å². The normalized spacial score (nSPS) is 13.5. The molecule has 3 rings (SSSR count). The Morgan fingerprint density at radius 1 is 1.07 bits per heavy atom. The third-order valence-electron chi connectivity index (χ3n) is 5.03. The van der Waals surface area contributed by atoms with Crippen LogP contribution >= 0.6 is 0 Å². The van der Waals surface area contributed by atoms with Crippen molar-refractivity contribution in [3.05, 3.63) is 59.7 Å². The average molecular weight is 381 g/mol. The molecular weight excluding hydrogens is 354 g/mol. The van der Waals surface area contributed by atoms with Gasteiger partial charge in [-0.1, -0.05) is 61.9 Å². The molecule has 2 aromatic carbocycles. The van der Waals surface area contributed by atoms with Gasteiger partial charge in [-0.05, 0) is 35.1 Å². The van der Waals surface area contributed by atoms with Gasteiger partial charge in [0.25, 0.3) is 0 Å². The molecule has 1 atom stereocenters. The Balaban J connectivity index is 1.54. The summed E-state index contributed by atoms with van der Waals surface area (Å²) in [6.45, 7) is 3.44. The molecule has 0 aliphatic heterocycles. The smallest absolute Gasteiger partial charge is 0.407 e. The molecule has 0 fully saturated rings. The van der Waals surface area contributed by atoms with Gasteiger partial charge in [-0.25, -0.2) is 4.79 Å². The van der Waals surface area contributed by atoms with Crippen LogP contribution in [0.1, 0.15) is 43.2 Å². The fraction of sp³-hybridized carbons (Fsp3) is 0.391. The predicted octanol–water partition coefficient (Wildman–Crippen LogP) is 4.30. The average Bonchev–Trinajstić information content (AvgIpc) is 3.05. The molecule has 0 radical (unpaired) electrons. The van der Waals surface area contributed by atoms with Crippen molar-refractivity contribution in [3.63, 3.8) is 0 Å². The summed E-state index contributed by atoms with van der Waals surface area (Å²) in [5.74, 6) is 0.00482. The fourth-order valence-electron chi connectivity index (χ4n) is 3.52. The fourth-order valence-corrected chi connectivity index (χ4v) is 3.52. The van der Waals surface area contributed by atoms with Gasteiger partial charge < -0.3 is 19.6 Å². The third-order valence-corrected chi connectivity index (χ3v) is 5.03. The van der Waals surface area contributed by atoms with E-state index in [1.165, 1.54) is 11.1 Å². The second-order valence-corrected chi connectivity index (χ2v) is 6.97. The summed E-state index contributed by atoms with van der Waals surface area (Å²) < 4.78 is 10.9. The van der Waals surface area contributed by atoms with Crippen LogP contribution in [0.2, 0.25) is 0 Å². The zero-order chi connectivity index (χ0) is 19.8. The lowest BCUT2D eigenvalue weighted by Gasteiger charge is -2.16. The zero-order valence-corrected chi connectivity index (χ0v) is 16.2. The summed E-state index contributed by atoms with van der Waals surface area (Å²) in [6, 6.07) is 15.8. The quantitative estimate of drug-likeness (QED) is 0.492. The van der Waals surface area contributed by atoms with Crippen LogP contribution in [-0.2, 0) is 14.3 Å². The molecule has 28 heavy (non-hydrogen) atoms. The number of alkyl carbamates (subject to hydrolysis) is 1. The maximum Gasteiger partial charge on any atom is 0.407 e. The Hall–Kier alpha value is -2.66. The first-order valence-electron chi connectivity index (χ1n) is 9.89. The summed E-state index contributed by atoms with van der Waals surface area (Å²) >= 11 is 0. The van der Waals surface area contributed by atoms with Gasteiger partial charge in [-0.3, -0.25) is 0 Å². The van der Waals surface area contributed by atoms with Crippen molar-refractivity contribution >= 4 is 12.4 Å². The van der Waals surface area contributed by atoms with Crippen molar-refractivity contribution in [1.29, 1.82) is 0 Å². The molecule has 0 saturated carbocycles. The number of ether oxygens (including phenoxy) is 2. The van der Waals surface area contributed by atoms with Gasteiger partial charge in [0.05, 0.1) is 6.04 Å². The number of unbranched alkanes of at least 4 members (excludes halogenated alkanes) is 1. The highest BCUT2D eigenvalue weighted by atomic mass is 16.5. The van der Waals surface area contributed by atoms with E-state index in [4.69, 9.17) is 9.47 Å². The molecular formula is C23H27NO4. The van der Waals surface area contributed by atoms with Crippen LogP contribution < -0.4 is 5.32 Å². The van der Waals surface area contributed by atoms with Crippen LogP contribution in [0.25, 0.3) is 11.1 Å². The van der Waals surface area contributed by atoms with Crippen LogP contribution in [0.5, 0.6) is 0 Å². The number of hydrogen-bond donors (Lipinski definition) is 1. The minimum atomic E-state index is -0.600. The summed E-state index contributed by atoms with van der Waals surface area (Å²) in [7, 11) is 0. The topological polar surface area (TPSA) is 64.6 Å². The summed E-state index contributed by atoms with van der Waals surface area (Å²) in [6.07, 6.45) is 2.65. The van der Waals surface area contributed by atoms with E-state index >= 15 is 0 Å². The summed E-state index contributed by atoms with van der Waals surface area (Å²) in [4.78, 5) is 23.4. The minimum Gasteiger partial charge on any atom is -0.449 e. The Labute approximate surface area is 166 Å². The van der Waals surface area contributed by atoms with Gasteiger partial charge in [0, 0.05) is 19.1 Å². The van der Waals surface area contributed by atoms with Crippen LogP contribution in [0.15, 0.2) is 48.5 Å². The number of carbonyl (C=O) groups excluding carboxylic acids is 2. The molecule has 0 bridgehead atoms. The van der Waals surface area contributed by atoms with E-state index < -0.39 is 12.1 Å². The lowest BCUT2D eigenvalue weighted by molar-refractivity contribution is -0.110. The van der Waals surface area contributed by atoms with Crippen molar-refractivity contribution < 1.29 is 19.1 Å². The summed E-state index contributed by atoms with van der Waals surface area (Å²) in [5, 5.41) is 2.62. The van der Waals surface area contributed by atoms with Crippen LogP contribution in [0.4, 0.5) is 4.79 Å². The van der Waals surface area contributed by atoms with Crippen LogP contribution in [-0.4, -0.2) is 38.2 Å². The maximum atomic E-state index is 12.2. The molecule has 5 heteroatoms. The number of amides is 1. The highest BCUT2D eigenvalue weighted by Crippen LogP contribution is 2.44. The number of hydrogen-bond acceptors (Lipinski definition) is 4. The Kier molecular flexibility index (Phi) is 7.20. The largest absolute Gasteiger partial charge is 0.449 e. The highest BCUT2D eigenvalue weighted by molar-refractivity contribution is 5.79. The van der Waals surface area contributed by atoms with E-state index in [0.29, 0.717) is 19.6 Å². The van der Waals surface area contributed by atoms with E-state index in [2.05, 4.69) is 36.5 Å². The lowest BCUT2D eigenvalue weighted by atomic mass is 9.98. The number of fused-ring (bicyclic) bond motifs is 3. The van der Waals surface area contributed by atoms with Gasteiger partial charge in [0.1, 0.15) is 12.9 Å². The molecule has 1 unspecified atom stereocenters. The zero-order valence-electron chi connectivity index (χ0n) is 16.2. The molecule has 1 aliphatic carbocycles. The van der Waals surface area contributed by atoms with Crippen molar-refractivity contribution in [2.45, 2.75) is 38.1 Å². The number of carbonyl (C=O) groups is 2. The van der Waals surface area contributed by atoms with Gasteiger partial charge in [-0.2, -0.15) is 0 Å². The van der Waals surface area contributed by atoms with E-state index in [9.17, 15) is 9.59 Å². The van der Waals surface area contributed by atoms with Crippen LogP contribution in [0.3, 0.4) is 0 Å². The molecule has 0 spiro atoms. The van der Waals surface area contributed by atoms with E-state index in [0.717, 1.165) is 30.3 Å². The number of aldehydes is 1. The third kappa shape index (κ3) is 4.78. The van der Waals surface area contributed by atoms with Crippen molar-refractivity contribution in [3.8, 4) is 11.1 Å².